The third-order valence-electron chi connectivity index (χ3n) is 6.93. The van der Waals surface area contributed by atoms with Crippen LogP contribution in [0.3, 0.4) is 0 Å². The number of aliphatic hydroxyl groups is 2. The van der Waals surface area contributed by atoms with E-state index in [4.69, 9.17) is 0 Å². The highest BCUT2D eigenvalue weighted by Crippen LogP contribution is 2.58. The van der Waals surface area contributed by atoms with Gasteiger partial charge in [0.2, 0.25) is 0 Å². The van der Waals surface area contributed by atoms with E-state index < -0.39 is 17.7 Å². The number of hydrogen-bond acceptors (Lipinski definition) is 5. The van der Waals surface area contributed by atoms with Gasteiger partial charge in [0.15, 0.2) is 0 Å². The number of rotatable bonds is 4. The average molecular weight is 440 g/mol. The lowest BCUT2D eigenvalue weighted by Crippen LogP contribution is -2.38. The number of nitrogens with zero attached hydrogens (tertiary/aromatic N) is 1. The topological polar surface area (TPSA) is 91.8 Å². The van der Waals surface area contributed by atoms with Crippen LogP contribution in [0, 0.1) is 0 Å². The third-order valence-corrected chi connectivity index (χ3v) is 6.93. The molecule has 0 radical (unpaired) electrons. The lowest BCUT2D eigenvalue weighted by atomic mass is 9.78. The van der Waals surface area contributed by atoms with Gasteiger partial charge in [-0.2, -0.15) is 0 Å². The first-order valence-corrected chi connectivity index (χ1v) is 11.1. The minimum atomic E-state index is -1.55. The number of aromatic nitrogens is 1. The molecule has 0 saturated heterocycles. The largest absolute Gasteiger partial charge is 0.508 e. The maximum Gasteiger partial charge on any atom is 0.146 e. The van der Waals surface area contributed by atoms with Gasteiger partial charge in [0, 0.05) is 46.0 Å². The number of H-pyrrole nitrogens is 1. The Morgan fingerprint density at radius 3 is 2.70 bits per heavy atom. The number of aliphatic hydroxyl groups excluding tert-OH is 1. The van der Waals surface area contributed by atoms with Gasteiger partial charge in [0.25, 0.3) is 0 Å². The molecule has 33 heavy (non-hydrogen) atoms. The van der Waals surface area contributed by atoms with Crippen molar-refractivity contribution in [3.63, 3.8) is 0 Å². The fourth-order valence-corrected chi connectivity index (χ4v) is 5.43. The van der Waals surface area contributed by atoms with Gasteiger partial charge in [-0.25, -0.2) is 0 Å². The average Bonchev–Trinajstić information content (AvgIpc) is 3.33. The number of phenolic OH excluding ortho intramolecular Hbond substituents is 1. The molecule has 2 aliphatic heterocycles. The zero-order chi connectivity index (χ0) is 22.7. The molecule has 3 unspecified atom stereocenters. The van der Waals surface area contributed by atoms with Gasteiger partial charge in [-0.1, -0.05) is 42.5 Å². The highest BCUT2D eigenvalue weighted by Gasteiger charge is 2.54. The van der Waals surface area contributed by atoms with Crippen LogP contribution in [0.25, 0.3) is 17.0 Å². The molecule has 1 aromatic heterocycles. The van der Waals surface area contributed by atoms with Crippen LogP contribution in [0.5, 0.6) is 5.75 Å². The van der Waals surface area contributed by atoms with E-state index in [1.165, 1.54) is 0 Å². The molecule has 0 aliphatic carbocycles. The maximum absolute atomic E-state index is 12.5. The Kier molecular flexibility index (Phi) is 4.39. The number of fused-ring (bicyclic) bond motifs is 7. The minimum Gasteiger partial charge on any atom is -0.508 e. The summed E-state index contributed by atoms with van der Waals surface area (Å²) < 4.78 is 0. The summed E-state index contributed by atoms with van der Waals surface area (Å²) in [4.78, 5) is 5.59. The van der Waals surface area contributed by atoms with Crippen LogP contribution in [0.15, 0.2) is 72.9 Å². The Bertz CT molecular complexity index is 1410. The van der Waals surface area contributed by atoms with Gasteiger partial charge in [-0.05, 0) is 43.0 Å². The van der Waals surface area contributed by atoms with Crippen molar-refractivity contribution in [3.8, 4) is 5.75 Å². The second kappa shape index (κ2) is 7.22. The highest BCUT2D eigenvalue weighted by atomic mass is 16.3. The van der Waals surface area contributed by atoms with Crippen LogP contribution in [-0.4, -0.2) is 33.9 Å². The Morgan fingerprint density at radius 1 is 1.06 bits per heavy atom. The molecule has 5 N–H and O–H groups in total. The molecule has 0 spiro atoms. The molecule has 0 saturated carbocycles. The molecule has 6 nitrogen and oxygen atoms in total. The molecule has 0 bridgehead atoms. The second-order valence-corrected chi connectivity index (χ2v) is 8.76. The van der Waals surface area contributed by atoms with Crippen molar-refractivity contribution >= 4 is 22.7 Å². The highest BCUT2D eigenvalue weighted by molar-refractivity contribution is 5.93. The zero-order valence-corrected chi connectivity index (χ0v) is 18.2. The van der Waals surface area contributed by atoms with Crippen LogP contribution in [0.4, 0.5) is 5.69 Å². The number of anilines is 1. The number of likely N-dealkylation sites (N-methyl/N-ethyl adjacent to an activating group) is 1. The van der Waals surface area contributed by atoms with Crippen molar-refractivity contribution in [1.82, 2.24) is 10.3 Å². The molecule has 6 rings (SSSR count). The minimum absolute atomic E-state index is 0.0122. The Labute approximate surface area is 191 Å². The molecular weight excluding hydrogens is 414 g/mol. The Balaban J connectivity index is 1.62. The number of aromatic amines is 1. The van der Waals surface area contributed by atoms with Gasteiger partial charge in [-0.15, -0.1) is 0 Å². The quantitative estimate of drug-likeness (QED) is 0.333. The van der Waals surface area contributed by atoms with Gasteiger partial charge < -0.3 is 30.5 Å². The molecule has 4 aromatic rings. The third kappa shape index (κ3) is 2.72. The molecule has 166 valence electrons. The first-order valence-electron chi connectivity index (χ1n) is 11.1. The van der Waals surface area contributed by atoms with Crippen LogP contribution in [-0.2, 0) is 5.60 Å². The number of aromatic hydroxyl groups is 1. The SMILES string of the molecule is CNCC(O)c1ccc(O)c(C2(O)c3ccccc3N3C=Cc4c([nH]c5ccccc45)C32)c1. The molecule has 0 amide bonds. The maximum atomic E-state index is 12.5. The van der Waals surface area contributed by atoms with Gasteiger partial charge in [0.05, 0.1) is 11.8 Å². The van der Waals surface area contributed by atoms with Crippen molar-refractivity contribution in [2.75, 3.05) is 18.5 Å². The number of nitrogens with one attached hydrogen (secondary N) is 2. The number of hydrogen-bond donors (Lipinski definition) is 5. The van der Waals surface area contributed by atoms with E-state index in [9.17, 15) is 15.3 Å². The number of benzene rings is 3. The fourth-order valence-electron chi connectivity index (χ4n) is 5.43. The summed E-state index contributed by atoms with van der Waals surface area (Å²) in [5.41, 5.74) is 3.96. The van der Waals surface area contributed by atoms with Crippen LogP contribution in [0.1, 0.15) is 40.1 Å². The summed E-state index contributed by atoms with van der Waals surface area (Å²) in [5.74, 6) is -0.0122. The Morgan fingerprint density at radius 2 is 1.85 bits per heavy atom. The van der Waals surface area contributed by atoms with Crippen LogP contribution >= 0.6 is 0 Å². The zero-order valence-electron chi connectivity index (χ0n) is 18.2. The van der Waals surface area contributed by atoms with Crippen molar-refractivity contribution in [2.45, 2.75) is 17.7 Å². The molecular formula is C27H25N3O3. The first kappa shape index (κ1) is 20.1. The lowest BCUT2D eigenvalue weighted by molar-refractivity contribution is 0.0579. The van der Waals surface area contributed by atoms with E-state index in [0.29, 0.717) is 23.2 Å². The molecule has 3 atom stereocenters. The lowest BCUT2D eigenvalue weighted by Gasteiger charge is -2.37. The van der Waals surface area contributed by atoms with Gasteiger partial charge >= 0.3 is 0 Å². The van der Waals surface area contributed by atoms with Crippen molar-refractivity contribution in [2.24, 2.45) is 0 Å². The summed E-state index contributed by atoms with van der Waals surface area (Å²) in [6.07, 6.45) is 3.31. The van der Waals surface area contributed by atoms with Crippen LogP contribution in [0.2, 0.25) is 0 Å². The predicted molar refractivity (Wildman–Crippen MR) is 129 cm³/mol. The monoisotopic (exact) mass is 439 g/mol. The van der Waals surface area contributed by atoms with Gasteiger partial charge in [0.1, 0.15) is 17.4 Å². The second-order valence-electron chi connectivity index (χ2n) is 8.76. The molecule has 3 heterocycles. The van der Waals surface area contributed by atoms with Crippen molar-refractivity contribution in [3.05, 3.63) is 101 Å². The van der Waals surface area contributed by atoms with E-state index in [1.807, 2.05) is 48.7 Å². The van der Waals surface area contributed by atoms with E-state index in [0.717, 1.165) is 27.8 Å². The summed E-state index contributed by atoms with van der Waals surface area (Å²) in [6, 6.07) is 20.3. The Hall–Kier alpha value is -3.58. The summed E-state index contributed by atoms with van der Waals surface area (Å²) >= 11 is 0. The summed E-state index contributed by atoms with van der Waals surface area (Å²) in [6.45, 7) is 0.365. The van der Waals surface area contributed by atoms with Crippen molar-refractivity contribution in [1.29, 1.82) is 0 Å². The first-order chi connectivity index (χ1) is 16.0. The normalized spacial score (nSPS) is 21.7. The standard InChI is InChI=1S/C27H25N3O3/c1-28-15-24(32)16-10-11-23(31)20(14-16)27(33)19-7-3-5-9-22(19)30-13-12-18-17-6-2-4-8-21(17)29-25(18)26(27)30/h2-14,24,26,28-29,31-33H,15H2,1H3. The summed E-state index contributed by atoms with van der Waals surface area (Å²) in [7, 11) is 1.77. The summed E-state index contributed by atoms with van der Waals surface area (Å²) in [5, 5.41) is 38.2. The fraction of sp³-hybridized carbons (Fsp3) is 0.185. The smallest absolute Gasteiger partial charge is 0.146 e. The van der Waals surface area contributed by atoms with Crippen molar-refractivity contribution < 1.29 is 15.3 Å². The number of phenols is 1. The number of para-hydroxylation sites is 2. The molecule has 3 aromatic carbocycles. The molecule has 0 fully saturated rings. The van der Waals surface area contributed by atoms with E-state index >= 15 is 0 Å². The van der Waals surface area contributed by atoms with E-state index in [1.54, 1.807) is 25.2 Å². The predicted octanol–water partition coefficient (Wildman–Crippen LogP) is 3.91. The van der Waals surface area contributed by atoms with E-state index in [2.05, 4.69) is 27.3 Å². The van der Waals surface area contributed by atoms with Crippen LogP contribution < -0.4 is 10.2 Å². The molecule has 6 heteroatoms. The van der Waals surface area contributed by atoms with Gasteiger partial charge in [-0.3, -0.25) is 0 Å². The molecule has 2 aliphatic rings. The van der Waals surface area contributed by atoms with E-state index in [-0.39, 0.29) is 5.75 Å².